The van der Waals surface area contributed by atoms with Crippen LogP contribution in [0.2, 0.25) is 0 Å². The lowest BCUT2D eigenvalue weighted by molar-refractivity contribution is 0.0234. The minimum Gasteiger partial charge on any atom is -0.444 e. The van der Waals surface area contributed by atoms with Crippen LogP contribution in [0.3, 0.4) is 0 Å². The average molecular weight is 323 g/mol. The van der Waals surface area contributed by atoms with Gasteiger partial charge in [-0.1, -0.05) is 24.3 Å². The van der Waals surface area contributed by atoms with Crippen molar-refractivity contribution in [3.63, 3.8) is 0 Å². The molecule has 0 radical (unpaired) electrons. The summed E-state index contributed by atoms with van der Waals surface area (Å²) in [5, 5.41) is 3.18. The Hall–Kier alpha value is -1.82. The maximum Gasteiger partial charge on any atom is 0.410 e. The van der Waals surface area contributed by atoms with Crippen LogP contribution < -0.4 is 11.1 Å². The van der Waals surface area contributed by atoms with Crippen LogP contribution in [0.4, 0.5) is 4.79 Å². The first-order valence-electron chi connectivity index (χ1n) is 7.18. The highest BCUT2D eigenvalue weighted by molar-refractivity contribution is 7.80. The number of hydrogen-bond donors (Lipinski definition) is 2. The Morgan fingerprint density at radius 1 is 1.45 bits per heavy atom. The predicted octanol–water partition coefficient (Wildman–Crippen LogP) is 2.95. The highest BCUT2D eigenvalue weighted by Gasteiger charge is 2.23. The number of nitrogens with zero attached hydrogens (tertiary/aromatic N) is 1. The van der Waals surface area contributed by atoms with E-state index in [-0.39, 0.29) is 17.2 Å². The molecule has 5 nitrogen and oxygen atoms in total. The molecule has 1 rings (SSSR count). The Morgan fingerprint density at radius 2 is 2.09 bits per heavy atom. The van der Waals surface area contributed by atoms with Gasteiger partial charge in [-0.05, 0) is 51.0 Å². The van der Waals surface area contributed by atoms with E-state index in [9.17, 15) is 4.79 Å². The molecule has 0 aliphatic heterocycles. The Morgan fingerprint density at radius 3 is 2.64 bits per heavy atom. The van der Waals surface area contributed by atoms with Gasteiger partial charge >= 0.3 is 6.09 Å². The van der Waals surface area contributed by atoms with Crippen LogP contribution in [0.5, 0.6) is 0 Å². The third kappa shape index (κ3) is 5.89. The zero-order chi connectivity index (χ0) is 16.9. The van der Waals surface area contributed by atoms with Crippen LogP contribution in [0.15, 0.2) is 24.3 Å². The highest BCUT2D eigenvalue weighted by Crippen LogP contribution is 2.22. The summed E-state index contributed by atoms with van der Waals surface area (Å²) in [7, 11) is 1.73. The van der Waals surface area contributed by atoms with Gasteiger partial charge in [-0.25, -0.2) is 4.79 Å². The fourth-order valence-electron chi connectivity index (χ4n) is 1.87. The summed E-state index contributed by atoms with van der Waals surface area (Å²) >= 11 is 4.80. The van der Waals surface area contributed by atoms with Crippen molar-refractivity contribution < 1.29 is 9.53 Å². The number of amides is 1. The van der Waals surface area contributed by atoms with Crippen LogP contribution in [0, 0.1) is 0 Å². The third-order valence-corrected chi connectivity index (χ3v) is 3.31. The second kappa shape index (κ2) is 7.45. The van der Waals surface area contributed by atoms with Crippen LogP contribution in [-0.2, 0) is 11.3 Å². The maximum atomic E-state index is 12.1. The Bertz CT molecular complexity index is 540. The van der Waals surface area contributed by atoms with E-state index in [1.807, 2.05) is 52.0 Å². The average Bonchev–Trinajstić information content (AvgIpc) is 2.42. The van der Waals surface area contributed by atoms with Crippen LogP contribution >= 0.6 is 12.2 Å². The van der Waals surface area contributed by atoms with Gasteiger partial charge in [0.25, 0.3) is 0 Å². The topological polar surface area (TPSA) is 67.6 Å². The van der Waals surface area contributed by atoms with E-state index < -0.39 is 5.60 Å². The molecule has 0 aliphatic rings. The fourth-order valence-corrected chi connectivity index (χ4v) is 1.94. The van der Waals surface area contributed by atoms with Crippen LogP contribution in [0.1, 0.15) is 44.9 Å². The molecule has 0 aliphatic carbocycles. The molecule has 0 fully saturated rings. The molecule has 1 atom stereocenters. The maximum absolute atomic E-state index is 12.1. The number of carbonyl (C=O) groups is 1. The molecule has 6 heteroatoms. The first kappa shape index (κ1) is 18.2. The number of carbonyl (C=O) groups excluding carboxylic acids is 1. The number of nitrogens with two attached hydrogens (primary N) is 1. The predicted molar refractivity (Wildman–Crippen MR) is 92.5 cm³/mol. The molecule has 1 amide bonds. The second-order valence-electron chi connectivity index (χ2n) is 6.23. The van der Waals surface area contributed by atoms with Crippen molar-refractivity contribution in [2.45, 2.75) is 45.9 Å². The van der Waals surface area contributed by atoms with Gasteiger partial charge in [0.15, 0.2) is 5.11 Å². The Labute approximate surface area is 137 Å². The molecule has 22 heavy (non-hydrogen) atoms. The van der Waals surface area contributed by atoms with Crippen molar-refractivity contribution in [1.82, 2.24) is 10.2 Å². The summed E-state index contributed by atoms with van der Waals surface area (Å²) in [6, 6.07) is 7.84. The van der Waals surface area contributed by atoms with Crippen molar-refractivity contribution >= 4 is 23.4 Å². The quantitative estimate of drug-likeness (QED) is 0.834. The standard InChI is InChI=1S/C16H25N3O2S/c1-11(19(5)15(20)21-16(2,3)4)13-8-6-7-12(9-13)10-18-14(17)22/h6-9,11H,10H2,1-5H3,(H3,17,18,22). The minimum absolute atomic E-state index is 0.0976. The number of rotatable bonds is 4. The molecule has 122 valence electrons. The van der Waals surface area contributed by atoms with E-state index in [4.69, 9.17) is 22.7 Å². The van der Waals surface area contributed by atoms with Crippen molar-refractivity contribution in [1.29, 1.82) is 0 Å². The number of nitrogens with one attached hydrogen (secondary N) is 1. The molecule has 0 aromatic heterocycles. The Kier molecular flexibility index (Phi) is 6.17. The van der Waals surface area contributed by atoms with Gasteiger partial charge in [0.2, 0.25) is 0 Å². The number of benzene rings is 1. The minimum atomic E-state index is -0.506. The first-order chi connectivity index (χ1) is 10.1. The number of thiocarbonyl (C=S) groups is 1. The molecule has 1 aromatic rings. The van der Waals surface area contributed by atoms with Crippen molar-refractivity contribution in [2.75, 3.05) is 7.05 Å². The van der Waals surface area contributed by atoms with Gasteiger partial charge in [0.1, 0.15) is 5.60 Å². The van der Waals surface area contributed by atoms with Gasteiger partial charge in [-0.3, -0.25) is 0 Å². The van der Waals surface area contributed by atoms with Crippen molar-refractivity contribution in [3.05, 3.63) is 35.4 Å². The molecular formula is C16H25N3O2S. The lowest BCUT2D eigenvalue weighted by atomic mass is 10.0. The van der Waals surface area contributed by atoms with Gasteiger partial charge in [0, 0.05) is 13.6 Å². The van der Waals surface area contributed by atoms with Crippen LogP contribution in [-0.4, -0.2) is 28.8 Å². The molecule has 3 N–H and O–H groups in total. The lowest BCUT2D eigenvalue weighted by Gasteiger charge is -2.29. The summed E-state index contributed by atoms with van der Waals surface area (Å²) in [4.78, 5) is 13.7. The van der Waals surface area contributed by atoms with Gasteiger partial charge in [-0.2, -0.15) is 0 Å². The second-order valence-corrected chi connectivity index (χ2v) is 6.67. The molecule has 0 saturated heterocycles. The summed E-state index contributed by atoms with van der Waals surface area (Å²) in [6.45, 7) is 8.08. The third-order valence-electron chi connectivity index (χ3n) is 3.16. The molecular weight excluding hydrogens is 298 g/mol. The monoisotopic (exact) mass is 323 g/mol. The summed E-state index contributed by atoms with van der Waals surface area (Å²) < 4.78 is 5.39. The zero-order valence-corrected chi connectivity index (χ0v) is 14.7. The molecule has 0 spiro atoms. The van der Waals surface area contributed by atoms with E-state index in [0.29, 0.717) is 6.54 Å². The first-order valence-corrected chi connectivity index (χ1v) is 7.59. The Balaban J connectivity index is 2.79. The van der Waals surface area contributed by atoms with E-state index in [1.54, 1.807) is 11.9 Å². The van der Waals surface area contributed by atoms with E-state index in [0.717, 1.165) is 11.1 Å². The number of ether oxygens (including phenoxy) is 1. The number of hydrogen-bond acceptors (Lipinski definition) is 3. The SMILES string of the molecule is CC(c1cccc(CNC(N)=S)c1)N(C)C(=O)OC(C)(C)C. The smallest absolute Gasteiger partial charge is 0.410 e. The lowest BCUT2D eigenvalue weighted by Crippen LogP contribution is -2.35. The van der Waals surface area contributed by atoms with Gasteiger partial charge in [0.05, 0.1) is 6.04 Å². The summed E-state index contributed by atoms with van der Waals surface area (Å²) in [5.74, 6) is 0. The largest absolute Gasteiger partial charge is 0.444 e. The molecule has 0 heterocycles. The fraction of sp³-hybridized carbons (Fsp3) is 0.500. The normalized spacial score (nSPS) is 12.4. The van der Waals surface area contributed by atoms with E-state index in [1.165, 1.54) is 0 Å². The van der Waals surface area contributed by atoms with Gasteiger partial charge in [-0.15, -0.1) is 0 Å². The van der Waals surface area contributed by atoms with E-state index in [2.05, 4.69) is 5.32 Å². The van der Waals surface area contributed by atoms with E-state index >= 15 is 0 Å². The van der Waals surface area contributed by atoms with Gasteiger partial charge < -0.3 is 20.7 Å². The van der Waals surface area contributed by atoms with Crippen molar-refractivity contribution in [3.8, 4) is 0 Å². The molecule has 0 saturated carbocycles. The van der Waals surface area contributed by atoms with Crippen LogP contribution in [0.25, 0.3) is 0 Å². The molecule has 1 unspecified atom stereocenters. The zero-order valence-electron chi connectivity index (χ0n) is 13.8. The summed E-state index contributed by atoms with van der Waals surface area (Å²) in [5.41, 5.74) is 7.00. The summed E-state index contributed by atoms with van der Waals surface area (Å²) in [6.07, 6.45) is -0.341. The molecule has 1 aromatic carbocycles. The highest BCUT2D eigenvalue weighted by atomic mass is 32.1. The van der Waals surface area contributed by atoms with Crippen molar-refractivity contribution in [2.24, 2.45) is 5.73 Å². The molecule has 0 bridgehead atoms.